The van der Waals surface area contributed by atoms with Crippen LogP contribution in [0.25, 0.3) is 11.4 Å². The number of hydrogen-bond donors (Lipinski definition) is 1. The number of amides is 1. The molecule has 198 valence electrons. The molecule has 1 N–H and O–H groups in total. The number of carbonyl (C=O) groups is 1. The number of alkyl halides is 3. The highest BCUT2D eigenvalue weighted by Crippen LogP contribution is 2.32. The topological polar surface area (TPSA) is 111 Å². The summed E-state index contributed by atoms with van der Waals surface area (Å²) >= 11 is 0. The minimum Gasteiger partial charge on any atom is -0.372 e. The molecule has 4 rings (SSSR count). The molecule has 1 aliphatic heterocycles. The standard InChI is InChI=1S/C22H21B3F4N8O2/c1-10-9-37(14(11(2)39-10)8-34-20-32-4-12(5-33-20)22(27,28)29)19(38)16-15(18-30-6-13(26)7-31-18)17(21(23,24)25)36(3)35-16/h4-7,10-11,14H,8-9H2,1-3H3,(H,32,33,34). The van der Waals surface area contributed by atoms with Crippen molar-refractivity contribution in [1.82, 2.24) is 34.6 Å². The van der Waals surface area contributed by atoms with Crippen LogP contribution in [0.4, 0.5) is 23.5 Å². The molecule has 0 spiro atoms. The summed E-state index contributed by atoms with van der Waals surface area (Å²) in [4.78, 5) is 30.8. The van der Waals surface area contributed by atoms with Crippen molar-refractivity contribution in [3.05, 3.63) is 47.6 Å². The van der Waals surface area contributed by atoms with Crippen molar-refractivity contribution in [2.45, 2.75) is 43.4 Å². The number of carbonyl (C=O) groups excluding carboxylic acids is 1. The third kappa shape index (κ3) is 6.07. The first-order valence-corrected chi connectivity index (χ1v) is 11.7. The van der Waals surface area contributed by atoms with Gasteiger partial charge in [-0.05, 0) is 13.8 Å². The van der Waals surface area contributed by atoms with Crippen LogP contribution in [0.2, 0.25) is 0 Å². The van der Waals surface area contributed by atoms with E-state index in [-0.39, 0.29) is 47.9 Å². The summed E-state index contributed by atoms with van der Waals surface area (Å²) in [5.41, 5.74) is -1.08. The predicted molar refractivity (Wildman–Crippen MR) is 133 cm³/mol. The maximum Gasteiger partial charge on any atom is 0.419 e. The lowest BCUT2D eigenvalue weighted by atomic mass is 9.41. The average molecular weight is 538 g/mol. The normalized spacial score (nSPS) is 20.2. The Bertz CT molecular complexity index is 1330. The molecule has 3 unspecified atom stereocenters. The number of nitrogens with one attached hydrogen (secondary N) is 1. The predicted octanol–water partition coefficient (Wildman–Crippen LogP) is 1.17. The van der Waals surface area contributed by atoms with Gasteiger partial charge in [0, 0.05) is 38.2 Å². The van der Waals surface area contributed by atoms with Gasteiger partial charge in [-0.15, -0.1) is 0 Å². The lowest BCUT2D eigenvalue weighted by Crippen LogP contribution is -2.58. The summed E-state index contributed by atoms with van der Waals surface area (Å²) < 4.78 is 59.2. The van der Waals surface area contributed by atoms with Crippen molar-refractivity contribution in [1.29, 1.82) is 0 Å². The van der Waals surface area contributed by atoms with Gasteiger partial charge in [-0.2, -0.15) is 18.3 Å². The molecule has 1 fully saturated rings. The summed E-state index contributed by atoms with van der Waals surface area (Å²) in [6.45, 7) is 3.69. The highest BCUT2D eigenvalue weighted by molar-refractivity contribution is 6.59. The third-order valence-corrected chi connectivity index (χ3v) is 6.06. The third-order valence-electron chi connectivity index (χ3n) is 6.06. The Labute approximate surface area is 225 Å². The first kappa shape index (κ1) is 28.5. The number of hydrogen-bond acceptors (Lipinski definition) is 8. The molecule has 3 atom stereocenters. The number of halogens is 4. The average Bonchev–Trinajstić information content (AvgIpc) is 3.20. The van der Waals surface area contributed by atoms with Crippen LogP contribution in [-0.2, 0) is 23.1 Å². The highest BCUT2D eigenvalue weighted by atomic mass is 19.4. The van der Waals surface area contributed by atoms with Gasteiger partial charge in [0.1, 0.15) is 0 Å². The van der Waals surface area contributed by atoms with Crippen LogP contribution in [0.15, 0.2) is 24.8 Å². The molecule has 39 heavy (non-hydrogen) atoms. The van der Waals surface area contributed by atoms with Gasteiger partial charge < -0.3 is 15.0 Å². The van der Waals surface area contributed by atoms with Gasteiger partial charge in [0.05, 0.1) is 65.3 Å². The smallest absolute Gasteiger partial charge is 0.372 e. The minimum atomic E-state index is -4.58. The van der Waals surface area contributed by atoms with Gasteiger partial charge in [-0.1, -0.05) is 5.11 Å². The second-order valence-electron chi connectivity index (χ2n) is 9.20. The summed E-state index contributed by atoms with van der Waals surface area (Å²) in [7, 11) is 19.4. The zero-order chi connectivity index (χ0) is 28.7. The Balaban J connectivity index is 1.68. The van der Waals surface area contributed by atoms with Gasteiger partial charge in [0.2, 0.25) is 5.95 Å². The number of nitrogens with zero attached hydrogens (tertiary/aromatic N) is 7. The monoisotopic (exact) mass is 538 g/mol. The molecule has 10 nitrogen and oxygen atoms in total. The molecule has 4 heterocycles. The number of rotatable bonds is 6. The van der Waals surface area contributed by atoms with E-state index in [1.54, 1.807) is 13.8 Å². The van der Waals surface area contributed by atoms with E-state index in [0.29, 0.717) is 12.4 Å². The van der Waals surface area contributed by atoms with Crippen molar-refractivity contribution < 1.29 is 27.1 Å². The van der Waals surface area contributed by atoms with Crippen LogP contribution in [0.1, 0.15) is 35.6 Å². The lowest BCUT2D eigenvalue weighted by Gasteiger charge is -2.42. The Kier molecular flexibility index (Phi) is 7.74. The molecule has 0 bridgehead atoms. The second-order valence-corrected chi connectivity index (χ2v) is 9.20. The molecule has 1 saturated heterocycles. The van der Waals surface area contributed by atoms with Gasteiger partial charge in [-0.3, -0.25) is 9.48 Å². The molecule has 0 saturated carbocycles. The minimum absolute atomic E-state index is 0.0274. The fourth-order valence-electron chi connectivity index (χ4n) is 4.40. The fraction of sp³-hybridized carbons (Fsp3) is 0.455. The second kappa shape index (κ2) is 10.6. The zero-order valence-electron chi connectivity index (χ0n) is 21.1. The molecule has 1 amide bonds. The van der Waals surface area contributed by atoms with Crippen molar-refractivity contribution in [2.75, 3.05) is 18.4 Å². The van der Waals surface area contributed by atoms with Crippen LogP contribution < -0.4 is 5.32 Å². The largest absolute Gasteiger partial charge is 0.419 e. The van der Waals surface area contributed by atoms with E-state index >= 15 is 0 Å². The summed E-state index contributed by atoms with van der Waals surface area (Å²) in [6.07, 6.45) is -2.32. The van der Waals surface area contributed by atoms with Gasteiger partial charge in [-0.25, -0.2) is 24.3 Å². The van der Waals surface area contributed by atoms with E-state index in [0.717, 1.165) is 12.4 Å². The van der Waals surface area contributed by atoms with Crippen molar-refractivity contribution in [3.8, 4) is 11.4 Å². The van der Waals surface area contributed by atoms with Crippen LogP contribution in [0.5, 0.6) is 0 Å². The summed E-state index contributed by atoms with van der Waals surface area (Å²) in [5.74, 6) is -1.42. The maximum atomic E-state index is 14.0. The molecule has 3 aromatic heterocycles. The Morgan fingerprint density at radius 1 is 1.10 bits per heavy atom. The highest BCUT2D eigenvalue weighted by Gasteiger charge is 2.40. The first-order chi connectivity index (χ1) is 18.2. The number of anilines is 1. The van der Waals surface area contributed by atoms with E-state index in [4.69, 9.17) is 28.3 Å². The molecule has 1 aliphatic rings. The van der Waals surface area contributed by atoms with Crippen molar-refractivity contribution in [2.24, 2.45) is 7.05 Å². The van der Waals surface area contributed by atoms with Crippen molar-refractivity contribution in [3.63, 3.8) is 0 Å². The summed E-state index contributed by atoms with van der Waals surface area (Å²) in [5, 5.41) is 5.20. The summed E-state index contributed by atoms with van der Waals surface area (Å²) in [6, 6.07) is -0.634. The zero-order valence-corrected chi connectivity index (χ0v) is 21.1. The Morgan fingerprint density at radius 2 is 1.72 bits per heavy atom. The Hall–Kier alpha value is -3.49. The first-order valence-electron chi connectivity index (χ1n) is 11.7. The van der Waals surface area contributed by atoms with Gasteiger partial charge >= 0.3 is 6.18 Å². The van der Waals surface area contributed by atoms with Crippen molar-refractivity contribution >= 4 is 35.4 Å². The molecule has 0 aromatic carbocycles. The van der Waals surface area contributed by atoms with Gasteiger partial charge in [0.15, 0.2) is 17.3 Å². The van der Waals surface area contributed by atoms with E-state index in [2.05, 4.69) is 30.4 Å². The van der Waals surface area contributed by atoms with Crippen LogP contribution >= 0.6 is 0 Å². The quantitative estimate of drug-likeness (QED) is 0.369. The molecule has 17 heteroatoms. The van der Waals surface area contributed by atoms with Crippen LogP contribution in [0, 0.1) is 5.82 Å². The SMILES string of the molecule is [B]C([B])([B])c1c(-c2ncc(F)cn2)c(C(=O)N2CC(C)OC(C)C2CNc2ncc(C(F)(F)F)cn2)nn1C. The molecular weight excluding hydrogens is 517 g/mol. The molecule has 6 radical (unpaired) electrons. The van der Waals surface area contributed by atoms with E-state index in [1.165, 1.54) is 16.6 Å². The van der Waals surface area contributed by atoms with Crippen LogP contribution in [0.3, 0.4) is 0 Å². The van der Waals surface area contributed by atoms with E-state index in [9.17, 15) is 22.4 Å². The maximum absolute atomic E-state index is 14.0. The lowest BCUT2D eigenvalue weighted by molar-refractivity contribution is -0.138. The van der Waals surface area contributed by atoms with E-state index < -0.39 is 40.7 Å². The van der Waals surface area contributed by atoms with E-state index in [1.807, 2.05) is 0 Å². The molecule has 3 aromatic rings. The number of aryl methyl sites for hydroxylation is 1. The molecule has 0 aliphatic carbocycles. The Morgan fingerprint density at radius 3 is 2.28 bits per heavy atom. The fourth-order valence-corrected chi connectivity index (χ4v) is 4.40. The number of ether oxygens (including phenoxy) is 1. The number of aromatic nitrogens is 6. The number of morpholine rings is 1. The van der Waals surface area contributed by atoms with Crippen LogP contribution in [-0.4, -0.2) is 95.4 Å². The van der Waals surface area contributed by atoms with Gasteiger partial charge in [0.25, 0.3) is 5.91 Å². The molecular formula is C22H21B3F4N8O2.